The Morgan fingerprint density at radius 3 is 3.35 bits per heavy atom. The molecular weight excluding hydrogens is 220 g/mol. The van der Waals surface area contributed by atoms with E-state index in [2.05, 4.69) is 15.6 Å². The van der Waals surface area contributed by atoms with Crippen molar-refractivity contribution in [2.24, 2.45) is 5.92 Å². The van der Waals surface area contributed by atoms with Gasteiger partial charge in [-0.3, -0.25) is 4.79 Å². The topological polar surface area (TPSA) is 69.0 Å². The number of carbonyl (C=O) groups is 1. The molecular formula is C11H18N4O2. The van der Waals surface area contributed by atoms with Gasteiger partial charge < -0.3 is 10.1 Å². The van der Waals surface area contributed by atoms with Crippen LogP contribution in [-0.2, 0) is 22.7 Å². The Labute approximate surface area is 100 Å². The minimum absolute atomic E-state index is 0.0430. The zero-order valence-corrected chi connectivity index (χ0v) is 10.1. The summed E-state index contributed by atoms with van der Waals surface area (Å²) in [6.45, 7) is 4.31. The van der Waals surface area contributed by atoms with Crippen LogP contribution in [0.3, 0.4) is 0 Å². The van der Waals surface area contributed by atoms with Crippen LogP contribution in [0.25, 0.3) is 0 Å². The largest absolute Gasteiger partial charge is 0.373 e. The van der Waals surface area contributed by atoms with Crippen LogP contribution in [0.4, 0.5) is 0 Å². The normalized spacial score (nSPS) is 23.1. The number of nitrogens with one attached hydrogen (secondary N) is 1. The first-order valence-corrected chi connectivity index (χ1v) is 6.00. The summed E-state index contributed by atoms with van der Waals surface area (Å²) in [6.07, 6.45) is 3.52. The van der Waals surface area contributed by atoms with Crippen molar-refractivity contribution >= 4 is 5.91 Å². The molecule has 1 atom stereocenters. The summed E-state index contributed by atoms with van der Waals surface area (Å²) in [5.74, 6) is 0.148. The monoisotopic (exact) mass is 238 g/mol. The molecule has 0 bridgehead atoms. The highest BCUT2D eigenvalue weighted by Gasteiger charge is 2.13. The summed E-state index contributed by atoms with van der Waals surface area (Å²) >= 11 is 0. The second kappa shape index (κ2) is 5.77. The molecule has 1 N–H and O–H groups in total. The van der Waals surface area contributed by atoms with Crippen molar-refractivity contribution in [2.75, 3.05) is 13.2 Å². The van der Waals surface area contributed by atoms with Gasteiger partial charge in [-0.15, -0.1) is 5.10 Å². The number of carbonyl (C=O) groups excluding carboxylic acids is 1. The molecule has 6 nitrogen and oxygen atoms in total. The summed E-state index contributed by atoms with van der Waals surface area (Å²) in [5.41, 5.74) is 0.990. The number of nitrogens with zero attached hydrogens (tertiary/aromatic N) is 3. The molecule has 0 unspecified atom stereocenters. The van der Waals surface area contributed by atoms with Crippen LogP contribution in [0, 0.1) is 5.92 Å². The second-order valence-electron chi connectivity index (χ2n) is 4.34. The third-order valence-corrected chi connectivity index (χ3v) is 2.95. The summed E-state index contributed by atoms with van der Waals surface area (Å²) in [7, 11) is 0. The first-order chi connectivity index (χ1) is 8.27. The van der Waals surface area contributed by atoms with Gasteiger partial charge >= 0.3 is 0 Å². The molecule has 17 heavy (non-hydrogen) atoms. The molecule has 2 heterocycles. The zero-order chi connectivity index (χ0) is 12.1. The molecule has 94 valence electrons. The van der Waals surface area contributed by atoms with E-state index in [0.717, 1.165) is 25.1 Å². The SMILES string of the molecule is C[C@H]1CCCn2nncc2COCCNC1=O. The lowest BCUT2D eigenvalue weighted by atomic mass is 10.0. The molecule has 0 radical (unpaired) electrons. The molecule has 1 aliphatic rings. The van der Waals surface area contributed by atoms with Crippen LogP contribution in [0.2, 0.25) is 0 Å². The Morgan fingerprint density at radius 2 is 2.47 bits per heavy atom. The second-order valence-corrected chi connectivity index (χ2v) is 4.34. The molecule has 0 aliphatic carbocycles. The molecule has 1 amide bonds. The number of amides is 1. The number of fused-ring (bicyclic) bond motifs is 1. The highest BCUT2D eigenvalue weighted by atomic mass is 16.5. The van der Waals surface area contributed by atoms with Gasteiger partial charge in [-0.05, 0) is 12.8 Å². The van der Waals surface area contributed by atoms with Gasteiger partial charge in [0, 0.05) is 19.0 Å². The van der Waals surface area contributed by atoms with E-state index < -0.39 is 0 Å². The fraction of sp³-hybridized carbons (Fsp3) is 0.727. The van der Waals surface area contributed by atoms with Crippen LogP contribution in [0.1, 0.15) is 25.5 Å². The number of hydrogen-bond acceptors (Lipinski definition) is 4. The average molecular weight is 238 g/mol. The van der Waals surface area contributed by atoms with Crippen molar-refractivity contribution in [3.8, 4) is 0 Å². The van der Waals surface area contributed by atoms with Crippen LogP contribution >= 0.6 is 0 Å². The number of aryl methyl sites for hydroxylation is 1. The smallest absolute Gasteiger partial charge is 0.222 e. The molecule has 1 aromatic heterocycles. The van der Waals surface area contributed by atoms with Crippen molar-refractivity contribution in [3.05, 3.63) is 11.9 Å². The third-order valence-electron chi connectivity index (χ3n) is 2.95. The summed E-state index contributed by atoms with van der Waals surface area (Å²) < 4.78 is 7.31. The van der Waals surface area contributed by atoms with E-state index in [1.807, 2.05) is 11.6 Å². The van der Waals surface area contributed by atoms with Gasteiger partial charge in [0.1, 0.15) is 0 Å². The molecule has 0 aromatic carbocycles. The fourth-order valence-electron chi connectivity index (χ4n) is 1.85. The molecule has 0 saturated heterocycles. The lowest BCUT2D eigenvalue weighted by Gasteiger charge is -2.14. The Morgan fingerprint density at radius 1 is 1.59 bits per heavy atom. The maximum Gasteiger partial charge on any atom is 0.222 e. The van der Waals surface area contributed by atoms with Gasteiger partial charge in [0.25, 0.3) is 0 Å². The maximum absolute atomic E-state index is 11.6. The fourth-order valence-corrected chi connectivity index (χ4v) is 1.85. The Hall–Kier alpha value is -1.43. The van der Waals surface area contributed by atoms with Gasteiger partial charge in [0.2, 0.25) is 5.91 Å². The van der Waals surface area contributed by atoms with Crippen molar-refractivity contribution < 1.29 is 9.53 Å². The predicted molar refractivity (Wildman–Crippen MR) is 61.1 cm³/mol. The predicted octanol–water partition coefficient (Wildman–Crippen LogP) is 0.341. The van der Waals surface area contributed by atoms with E-state index in [-0.39, 0.29) is 11.8 Å². The molecule has 2 rings (SSSR count). The molecule has 0 fully saturated rings. The Bertz CT molecular complexity index is 377. The first-order valence-electron chi connectivity index (χ1n) is 6.00. The van der Waals surface area contributed by atoms with E-state index in [4.69, 9.17) is 4.74 Å². The Kier molecular flexibility index (Phi) is 4.08. The van der Waals surface area contributed by atoms with E-state index >= 15 is 0 Å². The van der Waals surface area contributed by atoms with Crippen LogP contribution in [0.5, 0.6) is 0 Å². The highest BCUT2D eigenvalue weighted by molar-refractivity contribution is 5.78. The van der Waals surface area contributed by atoms with Crippen LogP contribution in [0.15, 0.2) is 6.20 Å². The zero-order valence-electron chi connectivity index (χ0n) is 10.1. The molecule has 6 heteroatoms. The first kappa shape index (κ1) is 12.0. The summed E-state index contributed by atoms with van der Waals surface area (Å²) in [6, 6.07) is 0. The molecule has 1 aliphatic heterocycles. The maximum atomic E-state index is 11.6. The van der Waals surface area contributed by atoms with Gasteiger partial charge in [0.05, 0.1) is 25.1 Å². The van der Waals surface area contributed by atoms with Crippen molar-refractivity contribution in [3.63, 3.8) is 0 Å². The number of rotatable bonds is 0. The quantitative estimate of drug-likeness (QED) is 0.707. The van der Waals surface area contributed by atoms with E-state index in [9.17, 15) is 4.79 Å². The summed E-state index contributed by atoms with van der Waals surface area (Å²) in [5, 5.41) is 10.8. The lowest BCUT2D eigenvalue weighted by Crippen LogP contribution is -2.32. The van der Waals surface area contributed by atoms with Crippen molar-refractivity contribution in [2.45, 2.75) is 32.9 Å². The van der Waals surface area contributed by atoms with Gasteiger partial charge in [-0.1, -0.05) is 12.1 Å². The van der Waals surface area contributed by atoms with Gasteiger partial charge in [0.15, 0.2) is 0 Å². The number of hydrogen-bond donors (Lipinski definition) is 1. The van der Waals surface area contributed by atoms with Crippen molar-refractivity contribution in [1.82, 2.24) is 20.3 Å². The van der Waals surface area contributed by atoms with Crippen molar-refractivity contribution in [1.29, 1.82) is 0 Å². The number of ether oxygens (including phenoxy) is 1. The minimum atomic E-state index is 0.0430. The third kappa shape index (κ3) is 3.26. The van der Waals surface area contributed by atoms with Gasteiger partial charge in [-0.25, -0.2) is 4.68 Å². The highest BCUT2D eigenvalue weighted by Crippen LogP contribution is 2.09. The van der Waals surface area contributed by atoms with E-state index in [0.29, 0.717) is 19.8 Å². The summed E-state index contributed by atoms with van der Waals surface area (Å²) in [4.78, 5) is 11.6. The number of aromatic nitrogens is 3. The lowest BCUT2D eigenvalue weighted by molar-refractivity contribution is -0.125. The van der Waals surface area contributed by atoms with E-state index in [1.165, 1.54) is 0 Å². The minimum Gasteiger partial charge on any atom is -0.373 e. The van der Waals surface area contributed by atoms with Crippen LogP contribution < -0.4 is 5.32 Å². The average Bonchev–Trinajstić information content (AvgIpc) is 2.74. The Balaban J connectivity index is 2.00. The van der Waals surface area contributed by atoms with E-state index in [1.54, 1.807) is 6.20 Å². The standard InChI is InChI=1S/C11H18N4O2/c1-9-3-2-5-15-10(7-13-14-15)8-17-6-4-12-11(9)16/h7,9H,2-6,8H2,1H3,(H,12,16)/t9-/m0/s1. The molecule has 0 spiro atoms. The van der Waals surface area contributed by atoms with Crippen LogP contribution in [-0.4, -0.2) is 34.1 Å². The molecule has 0 saturated carbocycles. The molecule has 1 aromatic rings. The van der Waals surface area contributed by atoms with Gasteiger partial charge in [-0.2, -0.15) is 0 Å².